The molecule has 0 radical (unpaired) electrons. The fourth-order valence-electron chi connectivity index (χ4n) is 4.78. The molecule has 4 rings (SSSR count). The van der Waals surface area contributed by atoms with Gasteiger partial charge in [0, 0.05) is 30.2 Å². The summed E-state index contributed by atoms with van der Waals surface area (Å²) in [6.07, 6.45) is 0.301. The molecule has 0 saturated carbocycles. The van der Waals surface area contributed by atoms with E-state index in [-0.39, 0.29) is 12.5 Å². The Labute approximate surface area is 201 Å². The third-order valence-electron chi connectivity index (χ3n) is 6.47. The molecular weight excluding hydrogens is 450 g/mol. The second kappa shape index (κ2) is 9.35. The molecule has 1 aliphatic heterocycles. The van der Waals surface area contributed by atoms with E-state index in [1.165, 1.54) is 21.6 Å². The number of likely N-dealkylation sites (tertiary alicyclic amines) is 1. The fraction of sp³-hybridized carbons (Fsp3) is 0.385. The van der Waals surface area contributed by atoms with Crippen molar-refractivity contribution in [1.82, 2.24) is 9.88 Å². The molecular formula is C26H31N3O4S. The van der Waals surface area contributed by atoms with Crippen molar-refractivity contribution >= 4 is 26.8 Å². The Balaban J connectivity index is 1.59. The van der Waals surface area contributed by atoms with E-state index < -0.39 is 21.4 Å². The van der Waals surface area contributed by atoms with Crippen LogP contribution in [0.25, 0.3) is 22.0 Å². The Bertz CT molecular complexity index is 1330. The van der Waals surface area contributed by atoms with Crippen LogP contribution < -0.4 is 9.88 Å². The Hall–Kier alpha value is -2.97. The first-order valence-electron chi connectivity index (χ1n) is 11.5. The number of nitrogens with zero attached hydrogens (tertiary/aromatic N) is 2. The number of fused-ring (bicyclic) bond motifs is 1. The van der Waals surface area contributed by atoms with Gasteiger partial charge in [0.2, 0.25) is 10.0 Å². The number of primary sulfonamides is 1. The first-order chi connectivity index (χ1) is 16.0. The molecule has 1 fully saturated rings. The largest absolute Gasteiger partial charge is 0.481 e. The summed E-state index contributed by atoms with van der Waals surface area (Å²) in [4.78, 5) is 19.2. The van der Waals surface area contributed by atoms with Gasteiger partial charge < -0.3 is 9.64 Å². The number of aromatic nitrogens is 1. The lowest BCUT2D eigenvalue weighted by molar-refractivity contribution is -0.138. The number of pyridine rings is 1. The zero-order valence-corrected chi connectivity index (χ0v) is 20.9. The monoisotopic (exact) mass is 481 g/mol. The Morgan fingerprint density at radius 3 is 2.53 bits per heavy atom. The smallest absolute Gasteiger partial charge is 0.263 e. The summed E-state index contributed by atoms with van der Waals surface area (Å²) < 4.78 is 29.5. The zero-order valence-electron chi connectivity index (χ0n) is 20.0. The minimum Gasteiger partial charge on any atom is -0.481 e. The summed E-state index contributed by atoms with van der Waals surface area (Å²) in [5.41, 5.74) is 6.41. The highest BCUT2D eigenvalue weighted by Crippen LogP contribution is 2.34. The molecule has 1 aliphatic rings. The van der Waals surface area contributed by atoms with Crippen LogP contribution in [0, 0.1) is 20.8 Å². The van der Waals surface area contributed by atoms with Gasteiger partial charge in [-0.15, -0.1) is 0 Å². The van der Waals surface area contributed by atoms with E-state index in [1.807, 2.05) is 25.1 Å². The van der Waals surface area contributed by atoms with Crippen molar-refractivity contribution in [2.24, 2.45) is 5.14 Å². The highest BCUT2D eigenvalue weighted by molar-refractivity contribution is 7.89. The molecule has 3 aromatic rings. The SMILES string of the molecule is Cc1cc(-c2c(C)cccc2C)c2ccc(O[C@H](C)C(=O)N3CCC[C@@H](S(N)(=O)=O)C3)cc2n1. The highest BCUT2D eigenvalue weighted by Gasteiger charge is 2.32. The summed E-state index contributed by atoms with van der Waals surface area (Å²) in [5, 5.41) is 5.59. The van der Waals surface area contributed by atoms with E-state index in [0.29, 0.717) is 25.1 Å². The van der Waals surface area contributed by atoms with Gasteiger partial charge in [-0.05, 0) is 81.0 Å². The number of carbonyl (C=O) groups is 1. The van der Waals surface area contributed by atoms with Crippen molar-refractivity contribution in [3.8, 4) is 16.9 Å². The summed E-state index contributed by atoms with van der Waals surface area (Å²) in [6, 6.07) is 14.1. The van der Waals surface area contributed by atoms with Crippen LogP contribution >= 0.6 is 0 Å². The molecule has 8 heteroatoms. The van der Waals surface area contributed by atoms with Crippen LogP contribution in [0.2, 0.25) is 0 Å². The second-order valence-corrected chi connectivity index (χ2v) is 11.0. The minimum atomic E-state index is -3.68. The summed E-state index contributed by atoms with van der Waals surface area (Å²) >= 11 is 0. The van der Waals surface area contributed by atoms with Gasteiger partial charge in [0.05, 0.1) is 10.8 Å². The number of ether oxygens (including phenoxy) is 1. The van der Waals surface area contributed by atoms with Gasteiger partial charge >= 0.3 is 0 Å². The third kappa shape index (κ3) is 4.93. The van der Waals surface area contributed by atoms with E-state index in [9.17, 15) is 13.2 Å². The van der Waals surface area contributed by atoms with Gasteiger partial charge in [-0.3, -0.25) is 9.78 Å². The number of piperidine rings is 1. The lowest BCUT2D eigenvalue weighted by Gasteiger charge is -2.33. The third-order valence-corrected chi connectivity index (χ3v) is 7.79. The van der Waals surface area contributed by atoms with Gasteiger partial charge in [-0.2, -0.15) is 0 Å². The molecule has 2 atom stereocenters. The number of hydrogen-bond donors (Lipinski definition) is 1. The first-order valence-corrected chi connectivity index (χ1v) is 13.1. The molecule has 1 saturated heterocycles. The topological polar surface area (TPSA) is 103 Å². The molecule has 2 N–H and O–H groups in total. The lowest BCUT2D eigenvalue weighted by Crippen LogP contribution is -2.50. The summed E-state index contributed by atoms with van der Waals surface area (Å²) in [6.45, 7) is 8.46. The number of amides is 1. The number of benzene rings is 2. The Kier molecular flexibility index (Phi) is 6.64. The fourth-order valence-corrected chi connectivity index (χ4v) is 5.66. The molecule has 2 aromatic carbocycles. The van der Waals surface area contributed by atoms with Crippen LogP contribution in [0.1, 0.15) is 36.6 Å². The normalized spacial score (nSPS) is 17.6. The molecule has 0 unspecified atom stereocenters. The summed E-state index contributed by atoms with van der Waals surface area (Å²) in [5.74, 6) is 0.292. The number of rotatable bonds is 5. The average molecular weight is 482 g/mol. The van der Waals surface area contributed by atoms with E-state index in [2.05, 4.69) is 38.1 Å². The maximum absolute atomic E-state index is 13.0. The van der Waals surface area contributed by atoms with Crippen LogP contribution in [-0.2, 0) is 14.8 Å². The standard InChI is InChI=1S/C26H31N3O4S/c1-16-7-5-8-17(2)25(16)23-13-18(3)28-24-14-20(10-11-22(23)24)33-19(4)26(30)29-12-6-9-21(15-29)34(27,31)32/h5,7-8,10-11,13-14,19,21H,6,9,12,15H2,1-4H3,(H2,27,31,32)/t19-,21-/m1/s1. The second-order valence-electron chi connectivity index (χ2n) is 9.15. The highest BCUT2D eigenvalue weighted by atomic mass is 32.2. The predicted molar refractivity (Wildman–Crippen MR) is 134 cm³/mol. The Morgan fingerprint density at radius 2 is 1.85 bits per heavy atom. The number of sulfonamides is 1. The number of hydrogen-bond acceptors (Lipinski definition) is 5. The summed E-state index contributed by atoms with van der Waals surface area (Å²) in [7, 11) is -3.68. The van der Waals surface area contributed by atoms with Crippen molar-refractivity contribution < 1.29 is 17.9 Å². The van der Waals surface area contributed by atoms with Crippen LogP contribution in [0.3, 0.4) is 0 Å². The number of aryl methyl sites for hydroxylation is 3. The van der Waals surface area contributed by atoms with Gasteiger partial charge in [0.1, 0.15) is 5.75 Å². The van der Waals surface area contributed by atoms with Crippen molar-refractivity contribution in [2.45, 2.75) is 51.9 Å². The minimum absolute atomic E-state index is 0.100. The van der Waals surface area contributed by atoms with Crippen molar-refractivity contribution in [2.75, 3.05) is 13.1 Å². The van der Waals surface area contributed by atoms with E-state index in [4.69, 9.17) is 14.9 Å². The maximum Gasteiger partial charge on any atom is 0.263 e. The molecule has 1 aromatic heterocycles. The molecule has 180 valence electrons. The Morgan fingerprint density at radius 1 is 1.15 bits per heavy atom. The van der Waals surface area contributed by atoms with Crippen molar-refractivity contribution in [3.05, 3.63) is 59.3 Å². The van der Waals surface area contributed by atoms with Crippen molar-refractivity contribution in [3.63, 3.8) is 0 Å². The molecule has 2 heterocycles. The van der Waals surface area contributed by atoms with E-state index >= 15 is 0 Å². The first kappa shape index (κ1) is 24.2. The zero-order chi connectivity index (χ0) is 24.6. The van der Waals surface area contributed by atoms with Gasteiger partial charge in [0.25, 0.3) is 5.91 Å². The van der Waals surface area contributed by atoms with Gasteiger partial charge in [0.15, 0.2) is 6.10 Å². The molecule has 0 bridgehead atoms. The molecule has 0 spiro atoms. The molecule has 1 amide bonds. The van der Waals surface area contributed by atoms with E-state index in [1.54, 1.807) is 6.92 Å². The van der Waals surface area contributed by atoms with E-state index in [0.717, 1.165) is 22.2 Å². The molecule has 0 aliphatic carbocycles. The average Bonchev–Trinajstić information content (AvgIpc) is 2.77. The number of nitrogens with two attached hydrogens (primary N) is 1. The molecule has 7 nitrogen and oxygen atoms in total. The van der Waals surface area contributed by atoms with Crippen LogP contribution in [0.5, 0.6) is 5.75 Å². The van der Waals surface area contributed by atoms with Gasteiger partial charge in [-0.1, -0.05) is 18.2 Å². The number of carbonyl (C=O) groups excluding carboxylic acids is 1. The van der Waals surface area contributed by atoms with Crippen LogP contribution in [0.15, 0.2) is 42.5 Å². The maximum atomic E-state index is 13.0. The van der Waals surface area contributed by atoms with Gasteiger partial charge in [-0.25, -0.2) is 13.6 Å². The van der Waals surface area contributed by atoms with Crippen LogP contribution in [0.4, 0.5) is 0 Å². The van der Waals surface area contributed by atoms with Crippen LogP contribution in [-0.4, -0.2) is 48.7 Å². The quantitative estimate of drug-likeness (QED) is 0.596. The predicted octanol–water partition coefficient (Wildman–Crippen LogP) is 3.87. The van der Waals surface area contributed by atoms with Crippen molar-refractivity contribution in [1.29, 1.82) is 0 Å². The lowest BCUT2D eigenvalue weighted by atomic mass is 9.93. The molecule has 34 heavy (non-hydrogen) atoms.